The SMILES string of the molecule is CCC(Cc1cc(C(C)(C)C)c(O)c(C(C)(C)C)c1)C(CCc1cc(C(C)(C)C)c(O)c(C(C)(C)C)c1)OC(=O)c1ccccc1C(=O)OC(CCc1cc(C(C)(C)C)c(O)c(C(C)(C)C)c1)C(CC)Cc1cc(C(C)(C)C)c(O)c(C(C)(C)C)c1. The second-order valence-electron chi connectivity index (χ2n) is 33.4. The molecule has 0 aliphatic rings. The molecule has 0 radical (unpaired) electrons. The van der Waals surface area contributed by atoms with Gasteiger partial charge in [0.25, 0.3) is 0 Å². The Morgan fingerprint density at radius 1 is 0.349 bits per heavy atom. The van der Waals surface area contributed by atoms with Crippen LogP contribution in [0.2, 0.25) is 0 Å². The molecule has 0 aromatic heterocycles. The Labute approximate surface area is 521 Å². The molecule has 5 rings (SSSR count). The summed E-state index contributed by atoms with van der Waals surface area (Å²) in [5.41, 5.74) is 8.64. The van der Waals surface area contributed by atoms with Gasteiger partial charge in [0.05, 0.1) is 11.1 Å². The second-order valence-corrected chi connectivity index (χ2v) is 33.4. The van der Waals surface area contributed by atoms with E-state index in [1.807, 2.05) is 0 Å². The number of phenolic OH excluding ortho intramolecular Hbond substituents is 4. The van der Waals surface area contributed by atoms with Crippen molar-refractivity contribution >= 4 is 11.9 Å². The monoisotopic (exact) mass is 1180 g/mol. The average Bonchev–Trinajstić information content (AvgIpc) is 1.12. The molecule has 8 heteroatoms. The number of aryl methyl sites for hydroxylation is 2. The van der Waals surface area contributed by atoms with E-state index in [1.165, 1.54) is 0 Å². The zero-order valence-electron chi connectivity index (χ0n) is 58.3. The minimum Gasteiger partial charge on any atom is -0.507 e. The van der Waals surface area contributed by atoms with E-state index in [2.05, 4.69) is 229 Å². The predicted molar refractivity (Wildman–Crippen MR) is 358 cm³/mol. The van der Waals surface area contributed by atoms with Gasteiger partial charge >= 0.3 is 11.9 Å². The summed E-state index contributed by atoms with van der Waals surface area (Å²) in [4.78, 5) is 30.6. The molecule has 0 amide bonds. The van der Waals surface area contributed by atoms with Crippen LogP contribution >= 0.6 is 0 Å². The predicted octanol–water partition coefficient (Wildman–Crippen LogP) is 19.7. The number of esters is 2. The van der Waals surface area contributed by atoms with Gasteiger partial charge in [-0.15, -0.1) is 0 Å². The van der Waals surface area contributed by atoms with Gasteiger partial charge in [0, 0.05) is 0 Å². The van der Waals surface area contributed by atoms with Crippen LogP contribution in [-0.4, -0.2) is 44.6 Å². The number of benzene rings is 5. The van der Waals surface area contributed by atoms with Gasteiger partial charge in [-0.3, -0.25) is 0 Å². The third-order valence-electron chi connectivity index (χ3n) is 17.6. The van der Waals surface area contributed by atoms with E-state index < -0.39 is 24.1 Å². The fraction of sp³-hybridized carbons (Fsp3) is 0.590. The van der Waals surface area contributed by atoms with Gasteiger partial charge in [-0.2, -0.15) is 0 Å². The summed E-state index contributed by atoms with van der Waals surface area (Å²) in [5.74, 6) is -0.295. The third-order valence-corrected chi connectivity index (χ3v) is 17.6. The van der Waals surface area contributed by atoms with Crippen LogP contribution in [0.25, 0.3) is 0 Å². The van der Waals surface area contributed by atoms with E-state index in [9.17, 15) is 20.4 Å². The highest BCUT2D eigenvalue weighted by atomic mass is 16.6. The molecule has 86 heavy (non-hydrogen) atoms. The van der Waals surface area contributed by atoms with E-state index >= 15 is 9.59 Å². The molecular weight excluding hydrogens is 1060 g/mol. The van der Waals surface area contributed by atoms with Gasteiger partial charge in [-0.1, -0.05) is 241 Å². The number of ether oxygens (including phenoxy) is 2. The number of rotatable bonds is 18. The van der Waals surface area contributed by atoms with Crippen LogP contribution in [0.15, 0.2) is 72.8 Å². The summed E-state index contributed by atoms with van der Waals surface area (Å²) in [5, 5.41) is 47.0. The number of aromatic hydroxyl groups is 4. The van der Waals surface area contributed by atoms with Crippen LogP contribution in [0.5, 0.6) is 23.0 Å². The summed E-state index contributed by atoms with van der Waals surface area (Å²) >= 11 is 0. The first kappa shape index (κ1) is 71.0. The number of hydrogen-bond acceptors (Lipinski definition) is 8. The number of phenols is 4. The summed E-state index contributed by atoms with van der Waals surface area (Å²) in [6, 6.07) is 23.7. The van der Waals surface area contributed by atoms with E-state index in [0.29, 0.717) is 74.4 Å². The Hall–Kier alpha value is -5.76. The molecule has 0 bridgehead atoms. The summed E-state index contributed by atoms with van der Waals surface area (Å²) in [7, 11) is 0. The summed E-state index contributed by atoms with van der Waals surface area (Å²) in [6.45, 7) is 55.0. The Bertz CT molecular complexity index is 2830. The Morgan fingerprint density at radius 2 is 0.547 bits per heavy atom. The van der Waals surface area contributed by atoms with Crippen molar-refractivity contribution in [2.75, 3.05) is 0 Å². The van der Waals surface area contributed by atoms with Gasteiger partial charge in [0.15, 0.2) is 0 Å². The minimum absolute atomic E-state index is 0.125. The maximum atomic E-state index is 15.3. The molecule has 4 atom stereocenters. The Morgan fingerprint density at radius 3 is 0.733 bits per heavy atom. The van der Waals surface area contributed by atoms with Gasteiger partial charge in [0.1, 0.15) is 35.2 Å². The number of carbonyl (C=O) groups excluding carboxylic acids is 2. The van der Waals surface area contributed by atoms with Crippen LogP contribution in [-0.2, 0) is 78.5 Å². The van der Waals surface area contributed by atoms with E-state index in [0.717, 1.165) is 66.8 Å². The zero-order valence-corrected chi connectivity index (χ0v) is 58.3. The van der Waals surface area contributed by atoms with E-state index in [-0.39, 0.29) is 66.3 Å². The highest BCUT2D eigenvalue weighted by Gasteiger charge is 2.36. The first-order chi connectivity index (χ1) is 39.1. The minimum atomic E-state index is -0.612. The average molecular weight is 1180 g/mol. The number of carbonyl (C=O) groups is 2. The highest BCUT2D eigenvalue weighted by molar-refractivity contribution is 6.03. The molecule has 474 valence electrons. The van der Waals surface area contributed by atoms with Crippen LogP contribution < -0.4 is 0 Å². The zero-order chi connectivity index (χ0) is 65.4. The topological polar surface area (TPSA) is 134 Å². The highest BCUT2D eigenvalue weighted by Crippen LogP contribution is 2.45. The Balaban J connectivity index is 1.65. The molecule has 4 unspecified atom stereocenters. The molecule has 0 fully saturated rings. The van der Waals surface area contributed by atoms with Crippen molar-refractivity contribution in [3.05, 3.63) is 151 Å². The first-order valence-corrected chi connectivity index (χ1v) is 32.1. The normalized spacial score (nSPS) is 14.6. The third kappa shape index (κ3) is 17.5. The molecule has 5 aromatic carbocycles. The maximum absolute atomic E-state index is 15.3. The van der Waals surface area contributed by atoms with Crippen molar-refractivity contribution in [2.45, 2.75) is 287 Å². The van der Waals surface area contributed by atoms with E-state index in [4.69, 9.17) is 9.47 Å². The Kier molecular flexibility index (Phi) is 21.6. The molecule has 5 aromatic rings. The maximum Gasteiger partial charge on any atom is 0.339 e. The summed E-state index contributed by atoms with van der Waals surface area (Å²) < 4.78 is 13.7. The van der Waals surface area contributed by atoms with Crippen molar-refractivity contribution < 1.29 is 39.5 Å². The lowest BCUT2D eigenvalue weighted by molar-refractivity contribution is 0.00593. The quantitative estimate of drug-likeness (QED) is 0.0638. The van der Waals surface area contributed by atoms with Gasteiger partial charge < -0.3 is 29.9 Å². The second kappa shape index (κ2) is 26.1. The molecule has 0 heterocycles. The molecule has 0 saturated heterocycles. The van der Waals surface area contributed by atoms with Crippen LogP contribution in [0.4, 0.5) is 0 Å². The van der Waals surface area contributed by atoms with Crippen molar-refractivity contribution in [3.8, 4) is 23.0 Å². The molecule has 4 N–H and O–H groups in total. The van der Waals surface area contributed by atoms with Crippen molar-refractivity contribution in [1.29, 1.82) is 0 Å². The van der Waals surface area contributed by atoms with Crippen molar-refractivity contribution in [1.82, 2.24) is 0 Å². The van der Waals surface area contributed by atoms with Crippen LogP contribution in [0, 0.1) is 11.8 Å². The van der Waals surface area contributed by atoms with Crippen LogP contribution in [0.3, 0.4) is 0 Å². The van der Waals surface area contributed by atoms with Crippen molar-refractivity contribution in [3.63, 3.8) is 0 Å². The van der Waals surface area contributed by atoms with Gasteiger partial charge in [-0.05, 0) is 185 Å². The van der Waals surface area contributed by atoms with E-state index in [1.54, 1.807) is 24.3 Å². The van der Waals surface area contributed by atoms with Gasteiger partial charge in [0.2, 0.25) is 0 Å². The van der Waals surface area contributed by atoms with Gasteiger partial charge in [-0.25, -0.2) is 9.59 Å². The van der Waals surface area contributed by atoms with Crippen LogP contribution in [0.1, 0.15) is 293 Å². The van der Waals surface area contributed by atoms with Crippen molar-refractivity contribution in [2.24, 2.45) is 11.8 Å². The molecule has 8 nitrogen and oxygen atoms in total. The molecule has 0 saturated carbocycles. The lowest BCUT2D eigenvalue weighted by Gasteiger charge is -2.31. The fourth-order valence-corrected chi connectivity index (χ4v) is 12.2. The lowest BCUT2D eigenvalue weighted by atomic mass is 9.76. The molecule has 0 spiro atoms. The first-order valence-electron chi connectivity index (χ1n) is 32.1. The number of hydrogen-bond donors (Lipinski definition) is 4. The molecule has 0 aliphatic heterocycles. The lowest BCUT2D eigenvalue weighted by Crippen LogP contribution is -2.31. The fourth-order valence-electron chi connectivity index (χ4n) is 12.2. The largest absolute Gasteiger partial charge is 0.507 e. The summed E-state index contributed by atoms with van der Waals surface area (Å²) in [6.07, 6.45) is 3.37. The smallest absolute Gasteiger partial charge is 0.339 e. The standard InChI is InChI=1S/C78H114O8/c1-27-51(37-49-43-59(75(15,16)17)67(81)60(44-49)76(18,19)20)63(35-33-47-39-55(71(3,4)5)65(79)56(40-47)72(6,7)8)85-69(83)53-31-29-30-32-54(53)70(84)86-64(36-34-48-41-57(73(9,10)11)66(80)58(42-48)74(12,13)14)52(28-2)38-50-45-61(77(21,22)23)68(82)62(46-50)78(24,25)26/h29-32,39-46,51-52,63-64,79-82H,27-28,33-38H2,1-26H3. The molecular formula is C78H114O8. The molecule has 0 aliphatic carbocycles.